The lowest BCUT2D eigenvalue weighted by molar-refractivity contribution is -0.125. The molecule has 0 bridgehead atoms. The molecule has 6 N–H and O–H groups in total. The summed E-state index contributed by atoms with van der Waals surface area (Å²) in [5.74, 6) is -1.34. The molecule has 19 heavy (non-hydrogen) atoms. The Morgan fingerprint density at radius 2 is 1.79 bits per heavy atom. The summed E-state index contributed by atoms with van der Waals surface area (Å²) in [6.07, 6.45) is -1.07. The molecule has 2 atom stereocenters. The first-order valence-corrected chi connectivity index (χ1v) is 5.60. The van der Waals surface area contributed by atoms with Crippen LogP contribution in [-0.2, 0) is 14.4 Å². The van der Waals surface area contributed by atoms with Crippen molar-refractivity contribution in [3.8, 4) is 0 Å². The van der Waals surface area contributed by atoms with Gasteiger partial charge < -0.3 is 17.2 Å². The first kappa shape index (κ1) is 14.8. The molecule has 0 radical (unpaired) electrons. The molecule has 0 aromatic heterocycles. The normalized spacial score (nSPS) is 13.4. The molecule has 0 aliphatic carbocycles. The van der Waals surface area contributed by atoms with Gasteiger partial charge in [-0.25, -0.2) is 0 Å². The van der Waals surface area contributed by atoms with E-state index in [2.05, 4.69) is 0 Å². The number of benzene rings is 1. The molecular formula is C12H16N4O3. The van der Waals surface area contributed by atoms with Gasteiger partial charge in [0.25, 0.3) is 0 Å². The number of rotatable bonds is 6. The van der Waals surface area contributed by atoms with Crippen molar-refractivity contribution in [2.75, 3.05) is 4.90 Å². The summed E-state index contributed by atoms with van der Waals surface area (Å²) >= 11 is 0. The molecule has 1 rings (SSSR count). The summed E-state index contributed by atoms with van der Waals surface area (Å²) < 4.78 is 0. The maximum absolute atomic E-state index is 12.1. The summed E-state index contributed by atoms with van der Waals surface area (Å²) in [5, 5.41) is 0. The number of anilines is 1. The van der Waals surface area contributed by atoms with Crippen LogP contribution < -0.4 is 22.1 Å². The molecule has 0 unspecified atom stereocenters. The average Bonchev–Trinajstić information content (AvgIpc) is 2.39. The average molecular weight is 264 g/mol. The van der Waals surface area contributed by atoms with Gasteiger partial charge in [-0.15, -0.1) is 0 Å². The van der Waals surface area contributed by atoms with Crippen molar-refractivity contribution in [1.82, 2.24) is 0 Å². The maximum atomic E-state index is 12.1. The van der Waals surface area contributed by atoms with Crippen molar-refractivity contribution >= 4 is 23.8 Å². The van der Waals surface area contributed by atoms with Gasteiger partial charge in [-0.3, -0.25) is 19.3 Å². The number of hydrogen-bond acceptors (Lipinski definition) is 5. The van der Waals surface area contributed by atoms with Gasteiger partial charge >= 0.3 is 0 Å². The van der Waals surface area contributed by atoms with Crippen LogP contribution in [0, 0.1) is 0 Å². The third-order valence-corrected chi connectivity index (χ3v) is 2.45. The van der Waals surface area contributed by atoms with Gasteiger partial charge in [-0.2, -0.15) is 0 Å². The third kappa shape index (κ3) is 3.87. The van der Waals surface area contributed by atoms with Crippen LogP contribution in [0.15, 0.2) is 30.3 Å². The second-order valence-electron chi connectivity index (χ2n) is 3.95. The molecule has 102 valence electrons. The molecule has 0 saturated heterocycles. The molecule has 1 aromatic rings. The van der Waals surface area contributed by atoms with E-state index in [9.17, 15) is 14.4 Å². The highest BCUT2D eigenvalue weighted by molar-refractivity contribution is 6.01. The molecule has 0 aliphatic rings. The lowest BCUT2D eigenvalue weighted by atomic mass is 10.1. The first-order valence-electron chi connectivity index (χ1n) is 5.60. The highest BCUT2D eigenvalue weighted by Gasteiger charge is 2.27. The van der Waals surface area contributed by atoms with E-state index in [0.29, 0.717) is 12.0 Å². The highest BCUT2D eigenvalue weighted by Crippen LogP contribution is 2.15. The SMILES string of the molecule is NC(=O)C[C@H](N)C(=O)N(c1ccccc1)[C@@H](N)C=O. The monoisotopic (exact) mass is 264 g/mol. The topological polar surface area (TPSA) is 133 Å². The molecule has 0 aliphatic heterocycles. The van der Waals surface area contributed by atoms with Crippen LogP contribution in [-0.4, -0.2) is 30.3 Å². The summed E-state index contributed by atoms with van der Waals surface area (Å²) in [6, 6.07) is 7.21. The maximum Gasteiger partial charge on any atom is 0.246 e. The Balaban J connectivity index is 3.01. The number of aldehydes is 1. The largest absolute Gasteiger partial charge is 0.370 e. The molecule has 7 heteroatoms. The zero-order valence-corrected chi connectivity index (χ0v) is 10.2. The van der Waals surface area contributed by atoms with E-state index >= 15 is 0 Å². The van der Waals surface area contributed by atoms with E-state index in [-0.39, 0.29) is 6.42 Å². The molecular weight excluding hydrogens is 248 g/mol. The van der Waals surface area contributed by atoms with Crippen LogP contribution in [0.2, 0.25) is 0 Å². The number of nitrogens with two attached hydrogens (primary N) is 3. The predicted octanol–water partition coefficient (Wildman–Crippen LogP) is -1.29. The number of primary amides is 1. The Bertz CT molecular complexity index is 463. The van der Waals surface area contributed by atoms with Crippen LogP contribution in [0.25, 0.3) is 0 Å². The van der Waals surface area contributed by atoms with Gasteiger partial charge in [-0.05, 0) is 12.1 Å². The van der Waals surface area contributed by atoms with Crippen molar-refractivity contribution in [1.29, 1.82) is 0 Å². The van der Waals surface area contributed by atoms with Crippen molar-refractivity contribution in [3.05, 3.63) is 30.3 Å². The molecule has 2 amide bonds. The van der Waals surface area contributed by atoms with Crippen LogP contribution in [0.1, 0.15) is 6.42 Å². The summed E-state index contributed by atoms with van der Waals surface area (Å²) in [6.45, 7) is 0. The van der Waals surface area contributed by atoms with Crippen molar-refractivity contribution in [3.63, 3.8) is 0 Å². The molecule has 0 fully saturated rings. The molecule has 1 aromatic carbocycles. The fourth-order valence-corrected chi connectivity index (χ4v) is 1.58. The van der Waals surface area contributed by atoms with E-state index in [1.165, 1.54) is 0 Å². The van der Waals surface area contributed by atoms with Gasteiger partial charge in [0, 0.05) is 5.69 Å². The van der Waals surface area contributed by atoms with Gasteiger partial charge in [0.15, 0.2) is 6.29 Å². The standard InChI is InChI=1S/C12H16N4O3/c13-9(6-11(15)18)12(19)16(10(14)7-17)8-4-2-1-3-5-8/h1-5,7,9-10H,6,13-14H2,(H2,15,18)/t9-,10+/m0/s1. The van der Waals surface area contributed by atoms with Gasteiger partial charge in [0.2, 0.25) is 11.8 Å². The second-order valence-corrected chi connectivity index (χ2v) is 3.95. The van der Waals surface area contributed by atoms with Crippen molar-refractivity contribution in [2.24, 2.45) is 17.2 Å². The summed E-state index contributed by atoms with van der Waals surface area (Å²) in [7, 11) is 0. The number of amides is 2. The van der Waals surface area contributed by atoms with E-state index in [0.717, 1.165) is 4.90 Å². The van der Waals surface area contributed by atoms with E-state index in [1.807, 2.05) is 0 Å². The Kier molecular flexibility index (Phi) is 5.16. The van der Waals surface area contributed by atoms with Gasteiger partial charge in [-0.1, -0.05) is 18.2 Å². The quantitative estimate of drug-likeness (QED) is 0.434. The minimum absolute atomic E-state index is 0.312. The fourth-order valence-electron chi connectivity index (χ4n) is 1.58. The summed E-state index contributed by atoms with van der Waals surface area (Å²) in [4.78, 5) is 34.8. The van der Waals surface area contributed by atoms with Crippen LogP contribution >= 0.6 is 0 Å². The number of carbonyl (C=O) groups is 3. The highest BCUT2D eigenvalue weighted by atomic mass is 16.2. The zero-order valence-electron chi connectivity index (χ0n) is 10.2. The minimum Gasteiger partial charge on any atom is -0.370 e. The second kappa shape index (κ2) is 6.62. The number of nitrogens with zero attached hydrogens (tertiary/aromatic N) is 1. The van der Waals surface area contributed by atoms with Gasteiger partial charge in [0.1, 0.15) is 6.17 Å². The third-order valence-electron chi connectivity index (χ3n) is 2.45. The Hall–Kier alpha value is -2.25. The number of carbonyl (C=O) groups excluding carboxylic acids is 3. The van der Waals surface area contributed by atoms with E-state index in [4.69, 9.17) is 17.2 Å². The molecule has 0 saturated carbocycles. The lowest BCUT2D eigenvalue weighted by Gasteiger charge is -2.27. The van der Waals surface area contributed by atoms with E-state index in [1.54, 1.807) is 30.3 Å². The zero-order chi connectivity index (χ0) is 14.4. The molecule has 7 nitrogen and oxygen atoms in total. The number of para-hydroxylation sites is 1. The Morgan fingerprint density at radius 1 is 1.21 bits per heavy atom. The lowest BCUT2D eigenvalue weighted by Crippen LogP contribution is -2.54. The molecule has 0 heterocycles. The minimum atomic E-state index is -1.17. The van der Waals surface area contributed by atoms with Crippen LogP contribution in [0.3, 0.4) is 0 Å². The van der Waals surface area contributed by atoms with Crippen molar-refractivity contribution < 1.29 is 14.4 Å². The van der Waals surface area contributed by atoms with Gasteiger partial charge in [0.05, 0.1) is 12.5 Å². The predicted molar refractivity (Wildman–Crippen MR) is 69.8 cm³/mol. The van der Waals surface area contributed by atoms with E-state index < -0.39 is 24.0 Å². The Labute approximate surface area is 110 Å². The molecule has 0 spiro atoms. The Morgan fingerprint density at radius 3 is 2.26 bits per heavy atom. The first-order chi connectivity index (χ1) is 8.97. The van der Waals surface area contributed by atoms with Crippen molar-refractivity contribution in [2.45, 2.75) is 18.6 Å². The number of hydrogen-bond donors (Lipinski definition) is 3. The van der Waals surface area contributed by atoms with Crippen LogP contribution in [0.4, 0.5) is 5.69 Å². The smallest absolute Gasteiger partial charge is 0.246 e. The fraction of sp³-hybridized carbons (Fsp3) is 0.250. The summed E-state index contributed by atoms with van der Waals surface area (Å²) in [5.41, 5.74) is 16.6. The van der Waals surface area contributed by atoms with Crippen LogP contribution in [0.5, 0.6) is 0 Å².